The van der Waals surface area contributed by atoms with E-state index in [4.69, 9.17) is 9.15 Å². The second kappa shape index (κ2) is 16.3. The molecule has 0 atom stereocenters. The van der Waals surface area contributed by atoms with Crippen LogP contribution in [0.4, 0.5) is 0 Å². The number of aromatic amines is 1. The number of hydrogen-bond donors (Lipinski definition) is 1. The normalized spacial score (nSPS) is 13.3. The number of fused-ring (bicyclic) bond motifs is 1. The van der Waals surface area contributed by atoms with E-state index < -0.39 is 5.76 Å². The molecule has 0 saturated heterocycles. The summed E-state index contributed by atoms with van der Waals surface area (Å²) in [5.41, 5.74) is 1.14. The van der Waals surface area contributed by atoms with Gasteiger partial charge in [-0.3, -0.25) is 9.67 Å². The Kier molecular flexibility index (Phi) is 17.2. The molecule has 0 aliphatic heterocycles. The van der Waals surface area contributed by atoms with Crippen molar-refractivity contribution in [2.24, 2.45) is 0 Å². The van der Waals surface area contributed by atoms with Gasteiger partial charge >= 0.3 is 5.76 Å². The van der Waals surface area contributed by atoms with Gasteiger partial charge in [-0.2, -0.15) is 19.4 Å². The first-order valence-electron chi connectivity index (χ1n) is 9.02. The van der Waals surface area contributed by atoms with Crippen molar-refractivity contribution in [2.45, 2.75) is 51.0 Å². The number of unbranched alkanes of at least 4 members (excludes halogenated alkanes) is 1. The molecule has 8 nitrogen and oxygen atoms in total. The van der Waals surface area contributed by atoms with Gasteiger partial charge < -0.3 is 15.6 Å². The fourth-order valence-electron chi connectivity index (χ4n) is 3.36. The standard InChI is InChI=1S/C18H21N5O3.4Y/c24-18-19-15-10-9-14(12-16(15)26-18)25-11-5-4-8-17-20-21-22-23(17)13-6-2-1-3-7-13;;;;/h8-13H,1-7H2,(H,19,24);;;;/q-2;;;;. The molecule has 0 unspecified atom stereocenters. The fraction of sp³-hybridized carbons (Fsp3) is 0.444. The number of oxazole rings is 1. The molecule has 1 fully saturated rings. The third-order valence-corrected chi connectivity index (χ3v) is 4.66. The van der Waals surface area contributed by atoms with Crippen molar-refractivity contribution in [3.05, 3.63) is 47.6 Å². The molecule has 1 N–H and O–H groups in total. The molecule has 4 rings (SSSR count). The zero-order valence-corrected chi connectivity index (χ0v) is 28.1. The molecule has 2 aromatic heterocycles. The maximum atomic E-state index is 11.2. The average molecular weight is 711 g/mol. The van der Waals surface area contributed by atoms with Crippen LogP contribution in [0.2, 0.25) is 0 Å². The first-order valence-corrected chi connectivity index (χ1v) is 9.02. The predicted octanol–water partition coefficient (Wildman–Crippen LogP) is 3.18. The van der Waals surface area contributed by atoms with Crippen molar-refractivity contribution < 1.29 is 140 Å². The van der Waals surface area contributed by atoms with E-state index in [1.54, 1.807) is 24.8 Å². The number of nitrogens with zero attached hydrogens (tertiary/aromatic N) is 4. The molecule has 30 heavy (non-hydrogen) atoms. The molecular formula is C18H21N5O3Y4-2. The van der Waals surface area contributed by atoms with Gasteiger partial charge in [0.1, 0.15) is 0 Å². The van der Waals surface area contributed by atoms with Crippen molar-refractivity contribution in [1.29, 1.82) is 0 Å². The van der Waals surface area contributed by atoms with Gasteiger partial charge in [-0.15, -0.1) is 5.10 Å². The first-order chi connectivity index (χ1) is 12.8. The zero-order chi connectivity index (χ0) is 17.8. The van der Waals surface area contributed by atoms with Crippen LogP contribution in [0.5, 0.6) is 5.75 Å². The molecule has 1 aliphatic rings. The molecular weight excluding hydrogens is 690 g/mol. The molecule has 1 aliphatic carbocycles. The van der Waals surface area contributed by atoms with Gasteiger partial charge in [0.05, 0.1) is 17.3 Å². The number of rotatable bonds is 7. The second-order valence-corrected chi connectivity index (χ2v) is 6.51. The van der Waals surface area contributed by atoms with Gasteiger partial charge in [0.15, 0.2) is 5.58 Å². The Labute approximate surface area is 276 Å². The topological polar surface area (TPSA) is 98.8 Å². The Morgan fingerprint density at radius 3 is 2.67 bits per heavy atom. The summed E-state index contributed by atoms with van der Waals surface area (Å²) in [5, 5.41) is 12.1. The molecule has 1 aromatic carbocycles. The Bertz CT molecular complexity index is 924. The Morgan fingerprint density at radius 2 is 1.90 bits per heavy atom. The van der Waals surface area contributed by atoms with E-state index in [1.165, 1.54) is 19.3 Å². The minimum atomic E-state index is -0.466. The number of hydrogen-bond acceptors (Lipinski definition) is 6. The molecule has 12 heteroatoms. The Morgan fingerprint density at radius 1 is 1.13 bits per heavy atom. The number of H-pyrrole nitrogens is 1. The average Bonchev–Trinajstić information content (AvgIpc) is 3.27. The van der Waals surface area contributed by atoms with Crippen LogP contribution < -0.4 is 10.5 Å². The first kappa shape index (κ1) is 31.6. The maximum absolute atomic E-state index is 11.2. The van der Waals surface area contributed by atoms with E-state index in [1.807, 2.05) is 11.1 Å². The Balaban J connectivity index is 0.00000210. The van der Waals surface area contributed by atoms with Gasteiger partial charge in [-0.25, -0.2) is 4.79 Å². The third-order valence-electron chi connectivity index (χ3n) is 4.66. The van der Waals surface area contributed by atoms with E-state index >= 15 is 0 Å². The molecule has 2 heterocycles. The summed E-state index contributed by atoms with van der Waals surface area (Å²) < 4.78 is 12.6. The van der Waals surface area contributed by atoms with Gasteiger partial charge in [0, 0.05) is 143 Å². The van der Waals surface area contributed by atoms with Crippen LogP contribution in [0.15, 0.2) is 27.4 Å². The number of nitrogens with one attached hydrogen (secondary N) is 1. The van der Waals surface area contributed by atoms with Crippen molar-refractivity contribution in [3.63, 3.8) is 0 Å². The zero-order valence-electron chi connectivity index (χ0n) is 16.7. The summed E-state index contributed by atoms with van der Waals surface area (Å²) in [5.74, 6) is 1.000. The molecule has 150 valence electrons. The van der Waals surface area contributed by atoms with Gasteiger partial charge in [0.2, 0.25) is 0 Å². The molecule has 0 bridgehead atoms. The van der Waals surface area contributed by atoms with Crippen LogP contribution in [0.3, 0.4) is 0 Å². The molecule has 4 radical (unpaired) electrons. The Hall–Kier alpha value is 1.65. The van der Waals surface area contributed by atoms with E-state index in [0.717, 1.165) is 31.5 Å². The van der Waals surface area contributed by atoms with Crippen molar-refractivity contribution in [2.75, 3.05) is 0 Å². The van der Waals surface area contributed by atoms with Crippen LogP contribution in [0, 0.1) is 13.0 Å². The number of benzene rings is 1. The SMILES string of the molecule is O=c1[nH]c2ccc(O[CH-]CC[CH-]c3nnnn3C3CCCCC3)cc2o1.[Y].[Y].[Y].[Y]. The van der Waals surface area contributed by atoms with Crippen molar-refractivity contribution in [3.8, 4) is 5.75 Å². The van der Waals surface area contributed by atoms with Crippen LogP contribution in [0.25, 0.3) is 11.1 Å². The predicted molar refractivity (Wildman–Crippen MR) is 94.3 cm³/mol. The fourth-order valence-corrected chi connectivity index (χ4v) is 3.36. The summed E-state index contributed by atoms with van der Waals surface area (Å²) in [6.45, 7) is 1.73. The van der Waals surface area contributed by atoms with Gasteiger partial charge in [-0.1, -0.05) is 19.3 Å². The summed E-state index contributed by atoms with van der Waals surface area (Å²) in [4.78, 5) is 13.8. The van der Waals surface area contributed by atoms with Crippen LogP contribution in [-0.4, -0.2) is 25.2 Å². The summed E-state index contributed by atoms with van der Waals surface area (Å²) in [6.07, 6.45) is 9.66. The van der Waals surface area contributed by atoms with Gasteiger partial charge in [0.25, 0.3) is 0 Å². The summed E-state index contributed by atoms with van der Waals surface area (Å²) in [7, 11) is 0. The quantitative estimate of drug-likeness (QED) is 0.299. The third kappa shape index (κ3) is 8.78. The van der Waals surface area contributed by atoms with E-state index in [0.29, 0.717) is 22.9 Å². The largest absolute Gasteiger partial charge is 0.662 e. The van der Waals surface area contributed by atoms with Crippen LogP contribution in [-0.2, 0) is 131 Å². The molecule has 1 saturated carbocycles. The van der Waals surface area contributed by atoms with Crippen molar-refractivity contribution in [1.82, 2.24) is 25.2 Å². The maximum Gasteiger partial charge on any atom is 0.417 e. The van der Waals surface area contributed by atoms with Crippen molar-refractivity contribution >= 4 is 11.1 Å². The van der Waals surface area contributed by atoms with Crippen LogP contribution in [0.1, 0.15) is 56.8 Å². The summed E-state index contributed by atoms with van der Waals surface area (Å²) in [6, 6.07) is 5.66. The second-order valence-electron chi connectivity index (χ2n) is 6.51. The molecule has 0 spiro atoms. The number of ether oxygens (including phenoxy) is 1. The minimum Gasteiger partial charge on any atom is -0.662 e. The van der Waals surface area contributed by atoms with E-state index in [9.17, 15) is 4.79 Å². The van der Waals surface area contributed by atoms with E-state index in [-0.39, 0.29) is 131 Å². The minimum absolute atomic E-state index is 0. The summed E-state index contributed by atoms with van der Waals surface area (Å²) >= 11 is 0. The monoisotopic (exact) mass is 711 g/mol. The van der Waals surface area contributed by atoms with E-state index in [2.05, 4.69) is 20.5 Å². The van der Waals surface area contributed by atoms with Gasteiger partial charge in [-0.05, 0) is 35.4 Å². The van der Waals surface area contributed by atoms with Crippen LogP contribution >= 0.6 is 0 Å². The molecule has 3 aromatic rings. The number of aromatic nitrogens is 5. The molecule has 0 amide bonds. The smallest absolute Gasteiger partial charge is 0.417 e. The number of tetrazole rings is 1.